The minimum absolute atomic E-state index is 0.0952. The standard InChI is InChI=1S/C21H21N5O/c1-14-6-5-9-16(12-14)25-11-10-18-17(20(25)27)13-22-21-23-19(24-26(18)21)15-7-3-2-4-8-15/h5-6,9-13,15H,2-4,7-8H2,1H3. The fourth-order valence-electron chi connectivity index (χ4n) is 4.05. The third-order valence-electron chi connectivity index (χ3n) is 5.50. The van der Waals surface area contributed by atoms with Crippen molar-refractivity contribution in [1.29, 1.82) is 0 Å². The van der Waals surface area contributed by atoms with Crippen molar-refractivity contribution in [1.82, 2.24) is 24.1 Å². The zero-order chi connectivity index (χ0) is 18.4. The van der Waals surface area contributed by atoms with Gasteiger partial charge in [0.2, 0.25) is 0 Å². The van der Waals surface area contributed by atoms with E-state index in [0.29, 0.717) is 17.1 Å². The van der Waals surface area contributed by atoms with Crippen LogP contribution >= 0.6 is 0 Å². The molecule has 27 heavy (non-hydrogen) atoms. The fraction of sp³-hybridized carbons (Fsp3) is 0.333. The van der Waals surface area contributed by atoms with Crippen molar-refractivity contribution in [2.75, 3.05) is 0 Å². The molecule has 6 nitrogen and oxygen atoms in total. The van der Waals surface area contributed by atoms with Crippen molar-refractivity contribution in [3.05, 3.63) is 64.5 Å². The van der Waals surface area contributed by atoms with Crippen molar-refractivity contribution in [3.63, 3.8) is 0 Å². The summed E-state index contributed by atoms with van der Waals surface area (Å²) in [5.41, 5.74) is 2.62. The molecule has 0 N–H and O–H groups in total. The van der Waals surface area contributed by atoms with Gasteiger partial charge in [0.15, 0.2) is 5.82 Å². The number of fused-ring (bicyclic) bond motifs is 3. The van der Waals surface area contributed by atoms with Crippen LogP contribution in [0.4, 0.5) is 0 Å². The van der Waals surface area contributed by atoms with Crippen molar-refractivity contribution in [2.24, 2.45) is 0 Å². The summed E-state index contributed by atoms with van der Waals surface area (Å²) >= 11 is 0. The molecule has 3 heterocycles. The number of hydrogen-bond donors (Lipinski definition) is 0. The number of nitrogens with zero attached hydrogens (tertiary/aromatic N) is 5. The first-order valence-electron chi connectivity index (χ1n) is 9.55. The summed E-state index contributed by atoms with van der Waals surface area (Å²) in [6, 6.07) is 9.82. The van der Waals surface area contributed by atoms with Crippen LogP contribution in [-0.2, 0) is 0 Å². The molecule has 5 rings (SSSR count). The molecule has 0 saturated heterocycles. The second kappa shape index (κ2) is 6.30. The summed E-state index contributed by atoms with van der Waals surface area (Å²) in [4.78, 5) is 22.1. The molecule has 1 aliphatic rings. The average molecular weight is 359 g/mol. The third-order valence-corrected chi connectivity index (χ3v) is 5.50. The van der Waals surface area contributed by atoms with Crippen molar-refractivity contribution in [2.45, 2.75) is 44.9 Å². The van der Waals surface area contributed by atoms with Crippen LogP contribution in [0.15, 0.2) is 47.5 Å². The van der Waals surface area contributed by atoms with Crippen LogP contribution in [0.25, 0.3) is 22.4 Å². The van der Waals surface area contributed by atoms with E-state index in [9.17, 15) is 4.79 Å². The number of aryl methyl sites for hydroxylation is 1. The molecule has 0 amide bonds. The molecule has 0 radical (unpaired) electrons. The topological polar surface area (TPSA) is 65.1 Å². The van der Waals surface area contributed by atoms with E-state index >= 15 is 0 Å². The van der Waals surface area contributed by atoms with Crippen LogP contribution in [0.3, 0.4) is 0 Å². The maximum absolute atomic E-state index is 13.1. The Bertz CT molecular complexity index is 1200. The van der Waals surface area contributed by atoms with Gasteiger partial charge >= 0.3 is 0 Å². The molecule has 0 aliphatic heterocycles. The van der Waals surface area contributed by atoms with Gasteiger partial charge in [-0.25, -0.2) is 4.98 Å². The van der Waals surface area contributed by atoms with E-state index in [2.05, 4.69) is 9.97 Å². The van der Waals surface area contributed by atoms with Crippen LogP contribution in [0.2, 0.25) is 0 Å². The molecule has 1 fully saturated rings. The molecule has 4 aromatic rings. The lowest BCUT2D eigenvalue weighted by Gasteiger charge is -2.17. The summed E-state index contributed by atoms with van der Waals surface area (Å²) in [6.45, 7) is 2.02. The van der Waals surface area contributed by atoms with Gasteiger partial charge in [-0.1, -0.05) is 31.4 Å². The molecular formula is C21H21N5O. The van der Waals surface area contributed by atoms with Crippen LogP contribution in [0, 0.1) is 6.92 Å². The van der Waals surface area contributed by atoms with Gasteiger partial charge in [-0.2, -0.15) is 9.50 Å². The van der Waals surface area contributed by atoms with Gasteiger partial charge in [0.25, 0.3) is 11.3 Å². The highest BCUT2D eigenvalue weighted by atomic mass is 16.1. The van der Waals surface area contributed by atoms with Crippen LogP contribution in [0.1, 0.15) is 49.4 Å². The summed E-state index contributed by atoms with van der Waals surface area (Å²) in [5.74, 6) is 1.83. The highest BCUT2D eigenvalue weighted by molar-refractivity contribution is 5.79. The first kappa shape index (κ1) is 16.2. The van der Waals surface area contributed by atoms with E-state index in [-0.39, 0.29) is 5.56 Å². The molecule has 0 unspecified atom stereocenters. The van der Waals surface area contributed by atoms with Crippen LogP contribution < -0.4 is 5.56 Å². The Hall–Kier alpha value is -3.02. The van der Waals surface area contributed by atoms with E-state index in [0.717, 1.165) is 35.4 Å². The van der Waals surface area contributed by atoms with Gasteiger partial charge in [-0.3, -0.25) is 9.36 Å². The van der Waals surface area contributed by atoms with Gasteiger partial charge < -0.3 is 0 Å². The minimum Gasteiger partial charge on any atom is -0.284 e. The minimum atomic E-state index is -0.0952. The molecule has 1 aliphatic carbocycles. The van der Waals surface area contributed by atoms with Crippen LogP contribution in [0.5, 0.6) is 0 Å². The highest BCUT2D eigenvalue weighted by Crippen LogP contribution is 2.31. The van der Waals surface area contributed by atoms with Gasteiger partial charge in [0.05, 0.1) is 10.9 Å². The Kier molecular flexibility index (Phi) is 3.77. The lowest BCUT2D eigenvalue weighted by atomic mass is 9.89. The molecule has 3 aromatic heterocycles. The number of rotatable bonds is 2. The molecule has 0 spiro atoms. The quantitative estimate of drug-likeness (QED) is 0.546. The number of aromatic nitrogens is 5. The van der Waals surface area contributed by atoms with E-state index < -0.39 is 0 Å². The molecule has 136 valence electrons. The molecule has 6 heteroatoms. The number of hydrogen-bond acceptors (Lipinski definition) is 4. The largest absolute Gasteiger partial charge is 0.284 e. The summed E-state index contributed by atoms with van der Waals surface area (Å²) in [6.07, 6.45) is 9.46. The maximum atomic E-state index is 13.1. The predicted molar refractivity (Wildman–Crippen MR) is 104 cm³/mol. The van der Waals surface area contributed by atoms with E-state index in [1.165, 1.54) is 19.3 Å². The fourth-order valence-corrected chi connectivity index (χ4v) is 4.05. The average Bonchev–Trinajstić information content (AvgIpc) is 3.14. The molecule has 1 aromatic carbocycles. The van der Waals surface area contributed by atoms with Gasteiger partial charge in [-0.05, 0) is 43.5 Å². The Morgan fingerprint density at radius 1 is 1.11 bits per heavy atom. The van der Waals surface area contributed by atoms with Gasteiger partial charge in [0.1, 0.15) is 0 Å². The van der Waals surface area contributed by atoms with Gasteiger partial charge in [0, 0.05) is 24.0 Å². The lowest BCUT2D eigenvalue weighted by Crippen LogP contribution is -2.19. The highest BCUT2D eigenvalue weighted by Gasteiger charge is 2.21. The smallest absolute Gasteiger partial charge is 0.266 e. The number of pyridine rings is 1. The summed E-state index contributed by atoms with van der Waals surface area (Å²) in [5, 5.41) is 5.26. The van der Waals surface area contributed by atoms with E-state index in [4.69, 9.17) is 5.10 Å². The number of benzene rings is 1. The molecule has 0 bridgehead atoms. The molecule has 1 saturated carbocycles. The van der Waals surface area contributed by atoms with Crippen molar-refractivity contribution >= 4 is 16.7 Å². The zero-order valence-corrected chi connectivity index (χ0v) is 15.3. The van der Waals surface area contributed by atoms with E-state index in [1.54, 1.807) is 21.5 Å². The first-order chi connectivity index (χ1) is 13.2. The van der Waals surface area contributed by atoms with Crippen molar-refractivity contribution < 1.29 is 0 Å². The van der Waals surface area contributed by atoms with E-state index in [1.807, 2.05) is 37.3 Å². The first-order valence-corrected chi connectivity index (χ1v) is 9.55. The molecule has 0 atom stereocenters. The Labute approximate surface area is 156 Å². The summed E-state index contributed by atoms with van der Waals surface area (Å²) < 4.78 is 3.38. The second-order valence-electron chi connectivity index (χ2n) is 7.40. The SMILES string of the molecule is Cc1cccc(-n2ccc3c(cnc4nc(C5CCCCC5)nn43)c2=O)c1. The summed E-state index contributed by atoms with van der Waals surface area (Å²) in [7, 11) is 0. The second-order valence-corrected chi connectivity index (χ2v) is 7.40. The third kappa shape index (κ3) is 2.72. The normalized spacial score (nSPS) is 15.6. The maximum Gasteiger partial charge on any atom is 0.266 e. The Balaban J connectivity index is 1.67. The monoisotopic (exact) mass is 359 g/mol. The Morgan fingerprint density at radius 3 is 2.78 bits per heavy atom. The Morgan fingerprint density at radius 2 is 1.96 bits per heavy atom. The zero-order valence-electron chi connectivity index (χ0n) is 15.3. The molecular weight excluding hydrogens is 338 g/mol. The van der Waals surface area contributed by atoms with Crippen molar-refractivity contribution in [3.8, 4) is 5.69 Å². The lowest BCUT2D eigenvalue weighted by molar-refractivity contribution is 0.429. The predicted octanol–water partition coefficient (Wildman–Crippen LogP) is 3.78. The van der Waals surface area contributed by atoms with Gasteiger partial charge in [-0.15, -0.1) is 5.10 Å². The van der Waals surface area contributed by atoms with Crippen LogP contribution in [-0.4, -0.2) is 24.1 Å².